The van der Waals surface area contributed by atoms with Gasteiger partial charge >= 0.3 is 6.80 Å². The standard InChI is InChI=1S/C18H36NO9PS/c1-11(21)19-13-15(23)14(22)12(10-20)26-16(13)25-8-9-30-29(24,27-17(2,3)4)28-18(5,6)7/h12-16,20,22-23H,8-10H2,1-7H3,(H,19,21). The van der Waals surface area contributed by atoms with E-state index in [1.807, 2.05) is 0 Å². The maximum absolute atomic E-state index is 13.2. The number of aliphatic hydroxyl groups excluding tert-OH is 3. The molecule has 1 saturated heterocycles. The largest absolute Gasteiger partial charge is 0.394 e. The maximum atomic E-state index is 13.2. The van der Waals surface area contributed by atoms with Crippen molar-refractivity contribution in [3.05, 3.63) is 0 Å². The number of ether oxygens (including phenoxy) is 2. The first-order chi connectivity index (χ1) is 13.6. The molecule has 0 aromatic carbocycles. The first-order valence-electron chi connectivity index (χ1n) is 9.74. The number of aliphatic hydroxyl groups is 3. The first kappa shape index (κ1) is 27.8. The van der Waals surface area contributed by atoms with Crippen LogP contribution in [0.3, 0.4) is 0 Å². The molecule has 30 heavy (non-hydrogen) atoms. The molecule has 0 radical (unpaired) electrons. The van der Waals surface area contributed by atoms with E-state index in [2.05, 4.69) is 5.32 Å². The van der Waals surface area contributed by atoms with E-state index < -0.39 is 61.2 Å². The molecule has 0 aliphatic carbocycles. The van der Waals surface area contributed by atoms with Gasteiger partial charge in [0.15, 0.2) is 6.29 Å². The minimum Gasteiger partial charge on any atom is -0.394 e. The Labute approximate surface area is 182 Å². The molecule has 1 amide bonds. The molecule has 1 heterocycles. The van der Waals surface area contributed by atoms with E-state index in [0.29, 0.717) is 0 Å². The Hall–Kier alpha value is -0.230. The molecule has 4 N–H and O–H groups in total. The second kappa shape index (κ2) is 11.1. The molecular formula is C18H36NO9PS. The van der Waals surface area contributed by atoms with E-state index in [4.69, 9.17) is 18.5 Å². The third kappa shape index (κ3) is 9.50. The van der Waals surface area contributed by atoms with Gasteiger partial charge in [-0.15, -0.1) is 0 Å². The molecule has 0 spiro atoms. The average Bonchev–Trinajstić information content (AvgIpc) is 2.53. The van der Waals surface area contributed by atoms with Crippen LogP contribution in [0.2, 0.25) is 0 Å². The van der Waals surface area contributed by atoms with E-state index in [9.17, 15) is 24.7 Å². The Balaban J connectivity index is 2.77. The summed E-state index contributed by atoms with van der Waals surface area (Å²) in [6.45, 7) is 7.89. The predicted octanol–water partition coefficient (Wildman–Crippen LogP) is 1.42. The molecule has 178 valence electrons. The number of carbonyl (C=O) groups is 1. The van der Waals surface area contributed by atoms with Crippen molar-refractivity contribution in [3.8, 4) is 0 Å². The molecular weight excluding hydrogens is 437 g/mol. The average molecular weight is 474 g/mol. The van der Waals surface area contributed by atoms with Crippen molar-refractivity contribution in [2.24, 2.45) is 0 Å². The summed E-state index contributed by atoms with van der Waals surface area (Å²) in [4.78, 5) is 11.4. The number of hydrogen-bond acceptors (Lipinski definition) is 10. The van der Waals surface area contributed by atoms with Crippen molar-refractivity contribution in [3.63, 3.8) is 0 Å². The topological polar surface area (TPSA) is 144 Å². The van der Waals surface area contributed by atoms with Gasteiger partial charge in [0.25, 0.3) is 0 Å². The van der Waals surface area contributed by atoms with Gasteiger partial charge < -0.3 is 30.1 Å². The third-order valence-electron chi connectivity index (χ3n) is 3.64. The summed E-state index contributed by atoms with van der Waals surface area (Å²) in [6.07, 6.45) is -4.96. The molecule has 0 bridgehead atoms. The summed E-state index contributed by atoms with van der Waals surface area (Å²) in [7, 11) is 0. The second-order valence-corrected chi connectivity index (χ2v) is 13.0. The zero-order valence-corrected chi connectivity index (χ0v) is 20.4. The lowest BCUT2D eigenvalue weighted by Crippen LogP contribution is -2.64. The Morgan fingerprint density at radius 2 is 1.63 bits per heavy atom. The summed E-state index contributed by atoms with van der Waals surface area (Å²) < 4.78 is 35.6. The number of rotatable bonds is 9. The molecule has 1 fully saturated rings. The molecule has 0 saturated carbocycles. The number of nitrogens with one attached hydrogen (secondary N) is 1. The molecule has 5 atom stereocenters. The molecule has 1 aliphatic heterocycles. The fourth-order valence-electron chi connectivity index (χ4n) is 2.67. The SMILES string of the molecule is CC(=O)NC1C(OCCSP(=O)(OC(C)(C)C)OC(C)(C)C)OC(CO)C(O)C1O. The zero-order chi connectivity index (χ0) is 23.3. The Morgan fingerprint density at radius 3 is 2.07 bits per heavy atom. The van der Waals surface area contributed by atoms with Gasteiger partial charge in [-0.05, 0) is 52.9 Å². The lowest BCUT2D eigenvalue weighted by molar-refractivity contribution is -0.268. The first-order valence-corrected chi connectivity index (χ1v) is 12.9. The second-order valence-electron chi connectivity index (χ2n) is 8.99. The van der Waals surface area contributed by atoms with E-state index in [0.717, 1.165) is 11.4 Å². The lowest BCUT2D eigenvalue weighted by Gasteiger charge is -2.42. The van der Waals surface area contributed by atoms with Gasteiger partial charge in [-0.25, -0.2) is 4.57 Å². The lowest BCUT2D eigenvalue weighted by atomic mass is 9.97. The van der Waals surface area contributed by atoms with Crippen molar-refractivity contribution in [1.82, 2.24) is 5.32 Å². The summed E-state index contributed by atoms with van der Waals surface area (Å²) >= 11 is 0.971. The van der Waals surface area contributed by atoms with Crippen molar-refractivity contribution in [1.29, 1.82) is 0 Å². The number of amides is 1. The molecule has 12 heteroatoms. The van der Waals surface area contributed by atoms with Gasteiger partial charge in [0, 0.05) is 12.7 Å². The highest BCUT2D eigenvalue weighted by Gasteiger charge is 2.45. The maximum Gasteiger partial charge on any atom is 0.390 e. The van der Waals surface area contributed by atoms with Crippen LogP contribution in [-0.2, 0) is 27.9 Å². The van der Waals surface area contributed by atoms with Crippen LogP contribution in [0.25, 0.3) is 0 Å². The molecule has 0 aromatic rings. The van der Waals surface area contributed by atoms with Crippen LogP contribution in [0.15, 0.2) is 0 Å². The highest BCUT2D eigenvalue weighted by molar-refractivity contribution is 8.55. The minimum atomic E-state index is -3.51. The monoisotopic (exact) mass is 473 g/mol. The van der Waals surface area contributed by atoms with Crippen molar-refractivity contribution in [2.45, 2.75) is 90.3 Å². The Bertz CT molecular complexity index is 587. The number of hydrogen-bond donors (Lipinski definition) is 4. The Kier molecular flexibility index (Phi) is 10.3. The van der Waals surface area contributed by atoms with Crippen LogP contribution < -0.4 is 5.32 Å². The van der Waals surface area contributed by atoms with Crippen LogP contribution in [-0.4, -0.2) is 82.0 Å². The van der Waals surface area contributed by atoms with Crippen LogP contribution in [0.1, 0.15) is 48.5 Å². The quantitative estimate of drug-likeness (QED) is 0.287. The normalized spacial score (nSPS) is 28.4. The van der Waals surface area contributed by atoms with Gasteiger partial charge in [-0.1, -0.05) is 0 Å². The molecule has 10 nitrogen and oxygen atoms in total. The minimum absolute atomic E-state index is 0.0252. The van der Waals surface area contributed by atoms with Crippen molar-refractivity contribution < 1.29 is 43.2 Å². The van der Waals surface area contributed by atoms with Crippen LogP contribution >= 0.6 is 18.2 Å². The highest BCUT2D eigenvalue weighted by atomic mass is 32.7. The van der Waals surface area contributed by atoms with Crippen molar-refractivity contribution >= 4 is 24.1 Å². The molecule has 5 unspecified atom stereocenters. The fourth-order valence-corrected chi connectivity index (χ4v) is 7.10. The predicted molar refractivity (Wildman–Crippen MR) is 113 cm³/mol. The smallest absolute Gasteiger partial charge is 0.390 e. The molecule has 0 aromatic heterocycles. The summed E-state index contributed by atoms with van der Waals surface area (Å²) in [6, 6.07) is -1.03. The number of carbonyl (C=O) groups excluding carboxylic acids is 1. The summed E-state index contributed by atoms with van der Waals surface area (Å²) in [5, 5.41) is 32.1. The van der Waals surface area contributed by atoms with E-state index in [-0.39, 0.29) is 12.4 Å². The summed E-state index contributed by atoms with van der Waals surface area (Å²) in [5.74, 6) is -0.236. The highest BCUT2D eigenvalue weighted by Crippen LogP contribution is 2.64. The van der Waals surface area contributed by atoms with E-state index in [1.165, 1.54) is 6.92 Å². The Morgan fingerprint density at radius 1 is 1.10 bits per heavy atom. The van der Waals surface area contributed by atoms with Crippen molar-refractivity contribution in [2.75, 3.05) is 19.0 Å². The third-order valence-corrected chi connectivity index (χ3v) is 7.79. The van der Waals surface area contributed by atoms with Crippen LogP contribution in [0.5, 0.6) is 0 Å². The zero-order valence-electron chi connectivity index (χ0n) is 18.7. The summed E-state index contributed by atoms with van der Waals surface area (Å²) in [5.41, 5.74) is -1.38. The van der Waals surface area contributed by atoms with Gasteiger partial charge in [0.05, 0.1) is 24.4 Å². The van der Waals surface area contributed by atoms with Crippen LogP contribution in [0.4, 0.5) is 0 Å². The van der Waals surface area contributed by atoms with E-state index in [1.54, 1.807) is 41.5 Å². The van der Waals surface area contributed by atoms with Gasteiger partial charge in [-0.2, -0.15) is 0 Å². The molecule has 1 rings (SSSR count). The fraction of sp³-hybridized carbons (Fsp3) is 0.944. The molecule has 1 aliphatic rings. The van der Waals surface area contributed by atoms with Crippen LogP contribution in [0, 0.1) is 0 Å². The van der Waals surface area contributed by atoms with E-state index >= 15 is 0 Å². The van der Waals surface area contributed by atoms with Gasteiger partial charge in [0.1, 0.15) is 24.4 Å². The van der Waals surface area contributed by atoms with Gasteiger partial charge in [0.2, 0.25) is 5.91 Å². The van der Waals surface area contributed by atoms with Gasteiger partial charge in [-0.3, -0.25) is 13.8 Å².